The summed E-state index contributed by atoms with van der Waals surface area (Å²) >= 11 is 17.5. The lowest BCUT2D eigenvalue weighted by atomic mass is 10.2. The van der Waals surface area contributed by atoms with E-state index in [4.69, 9.17) is 34.8 Å². The van der Waals surface area contributed by atoms with E-state index in [1.807, 2.05) is 0 Å². The molecule has 4 nitrogen and oxygen atoms in total. The third-order valence-corrected chi connectivity index (χ3v) is 2.64. The van der Waals surface area contributed by atoms with E-state index in [-0.39, 0.29) is 5.15 Å². The topological polar surface area (TPSA) is 41.1 Å². The van der Waals surface area contributed by atoms with Crippen molar-refractivity contribution >= 4 is 45.7 Å². The fraction of sp³-hybridized carbons (Fsp3) is 0.250. The Morgan fingerprint density at radius 1 is 1.27 bits per heavy atom. The molecule has 0 unspecified atom stereocenters. The lowest BCUT2D eigenvalue weighted by Gasteiger charge is -1.98. The van der Waals surface area contributed by atoms with Crippen molar-refractivity contribution in [2.24, 2.45) is 5.10 Å². The molecule has 2 heterocycles. The van der Waals surface area contributed by atoms with Gasteiger partial charge in [-0.3, -0.25) is 0 Å². The Kier molecular flexibility index (Phi) is 2.91. The second-order valence-electron chi connectivity index (χ2n) is 2.99. The Hall–Kier alpha value is -0.710. The maximum absolute atomic E-state index is 5.99. The minimum absolute atomic E-state index is 0.261. The summed E-state index contributed by atoms with van der Waals surface area (Å²) in [6.07, 6.45) is 0.508. The zero-order chi connectivity index (χ0) is 11.0. The third-order valence-electron chi connectivity index (χ3n) is 1.95. The quantitative estimate of drug-likeness (QED) is 0.730. The first-order chi connectivity index (χ1) is 7.08. The Labute approximate surface area is 101 Å². The average molecular weight is 265 g/mol. The fourth-order valence-electron chi connectivity index (χ4n) is 1.29. The van der Waals surface area contributed by atoms with Crippen LogP contribution in [0.25, 0.3) is 0 Å². The number of hydrogen-bond acceptors (Lipinski definition) is 3. The molecule has 0 saturated carbocycles. The first-order valence-electron chi connectivity index (χ1n) is 4.09. The normalized spacial score (nSPS) is 15.9. The van der Waals surface area contributed by atoms with Crippen LogP contribution in [0, 0.1) is 0 Å². The molecule has 7 heteroatoms. The molecule has 0 radical (unpaired) electrons. The van der Waals surface area contributed by atoms with Crippen LogP contribution in [0.2, 0.25) is 10.2 Å². The van der Waals surface area contributed by atoms with Gasteiger partial charge in [-0.15, -0.1) is 10.2 Å². The highest BCUT2D eigenvalue weighted by Crippen LogP contribution is 2.20. The van der Waals surface area contributed by atoms with Gasteiger partial charge in [0.25, 0.3) is 0 Å². The van der Waals surface area contributed by atoms with Gasteiger partial charge in [0.05, 0.1) is 11.4 Å². The van der Waals surface area contributed by atoms with E-state index in [1.165, 1.54) is 0 Å². The first-order valence-corrected chi connectivity index (χ1v) is 5.23. The second-order valence-corrected chi connectivity index (χ2v) is 4.22. The van der Waals surface area contributed by atoms with Crippen molar-refractivity contribution < 1.29 is 4.68 Å². The van der Waals surface area contributed by atoms with E-state index >= 15 is 0 Å². The van der Waals surface area contributed by atoms with E-state index in [9.17, 15) is 0 Å². The van der Waals surface area contributed by atoms with Gasteiger partial charge in [-0.2, -0.15) is 0 Å². The lowest BCUT2D eigenvalue weighted by molar-refractivity contribution is -0.498. The molecule has 1 aliphatic rings. The largest absolute Gasteiger partial charge is 0.244 e. The van der Waals surface area contributed by atoms with Gasteiger partial charge in [0.1, 0.15) is 0 Å². The number of halogens is 3. The highest BCUT2D eigenvalue weighted by Gasteiger charge is 2.28. The average Bonchev–Trinajstić information content (AvgIpc) is 2.45. The van der Waals surface area contributed by atoms with Crippen molar-refractivity contribution in [1.29, 1.82) is 0 Å². The highest BCUT2D eigenvalue weighted by atomic mass is 35.5. The summed E-state index contributed by atoms with van der Waals surface area (Å²) in [5.74, 6) is 0. The molecule has 0 amide bonds. The van der Waals surface area contributed by atoms with Gasteiger partial charge >= 0.3 is 0 Å². The van der Waals surface area contributed by atoms with Gasteiger partial charge in [-0.05, 0) is 6.07 Å². The Morgan fingerprint density at radius 2 is 2.00 bits per heavy atom. The van der Waals surface area contributed by atoms with Gasteiger partial charge < -0.3 is 0 Å². The van der Waals surface area contributed by atoms with Crippen molar-refractivity contribution in [2.45, 2.75) is 6.42 Å². The minimum Gasteiger partial charge on any atom is -0.141 e. The Morgan fingerprint density at radius 3 is 2.53 bits per heavy atom. The van der Waals surface area contributed by atoms with Crippen molar-refractivity contribution in [2.75, 3.05) is 7.05 Å². The molecule has 1 aliphatic heterocycles. The zero-order valence-electron chi connectivity index (χ0n) is 7.71. The van der Waals surface area contributed by atoms with E-state index in [0.29, 0.717) is 22.3 Å². The van der Waals surface area contributed by atoms with E-state index in [1.54, 1.807) is 17.8 Å². The van der Waals surface area contributed by atoms with Crippen molar-refractivity contribution in [1.82, 2.24) is 10.2 Å². The van der Waals surface area contributed by atoms with Gasteiger partial charge in [0, 0.05) is 5.10 Å². The summed E-state index contributed by atoms with van der Waals surface area (Å²) in [5, 5.41) is 12.9. The summed E-state index contributed by atoms with van der Waals surface area (Å²) in [7, 11) is 1.78. The predicted octanol–water partition coefficient (Wildman–Crippen LogP) is 2.17. The van der Waals surface area contributed by atoms with E-state index in [2.05, 4.69) is 15.3 Å². The predicted molar refractivity (Wildman–Crippen MR) is 60.3 cm³/mol. The van der Waals surface area contributed by atoms with E-state index in [0.717, 1.165) is 5.71 Å². The third kappa shape index (κ3) is 2.12. The molecule has 0 aliphatic carbocycles. The number of aromatic nitrogens is 2. The Balaban J connectivity index is 2.45. The molecule has 0 saturated heterocycles. The lowest BCUT2D eigenvalue weighted by Crippen LogP contribution is -2.13. The second kappa shape index (κ2) is 4.04. The molecule has 1 aromatic rings. The maximum atomic E-state index is 5.99. The molecule has 15 heavy (non-hydrogen) atoms. The van der Waals surface area contributed by atoms with Crippen LogP contribution in [0.3, 0.4) is 0 Å². The van der Waals surface area contributed by atoms with E-state index < -0.39 is 0 Å². The molecule has 78 valence electrons. The van der Waals surface area contributed by atoms with Crippen LogP contribution in [0.1, 0.15) is 12.1 Å². The fourth-order valence-corrected chi connectivity index (χ4v) is 1.98. The molecule has 2 rings (SSSR count). The molecule has 0 aromatic carbocycles. The Bertz CT molecular complexity index is 481. The molecule has 0 bridgehead atoms. The standard InChI is InChI=1S/C8H6Cl3N4/c1-15-5(3-7(11)14-15)8-4(9)2-6(10)12-13-8/h2H,3H2,1H3/q+1. The van der Waals surface area contributed by atoms with Crippen LogP contribution < -0.4 is 0 Å². The number of rotatable bonds is 1. The van der Waals surface area contributed by atoms with Gasteiger partial charge in [0.15, 0.2) is 23.1 Å². The number of hydrazone groups is 1. The smallest absolute Gasteiger partial charge is 0.141 e. The molecule has 0 N–H and O–H groups in total. The molecule has 1 aromatic heterocycles. The summed E-state index contributed by atoms with van der Waals surface area (Å²) < 4.78 is 1.63. The minimum atomic E-state index is 0.261. The summed E-state index contributed by atoms with van der Waals surface area (Å²) in [5.41, 5.74) is 1.37. The number of nitrogens with zero attached hydrogens (tertiary/aromatic N) is 4. The van der Waals surface area contributed by atoms with Crippen LogP contribution in [-0.4, -0.2) is 32.8 Å². The first kappa shape index (κ1) is 10.8. The SMILES string of the molecule is C[N+]1=C(c2nnc(Cl)cc2Cl)CC(Cl)=N1. The van der Waals surface area contributed by atoms with Gasteiger partial charge in [0.2, 0.25) is 5.71 Å². The molecular weight excluding hydrogens is 258 g/mol. The monoisotopic (exact) mass is 263 g/mol. The van der Waals surface area contributed by atoms with Crippen LogP contribution in [0.5, 0.6) is 0 Å². The van der Waals surface area contributed by atoms with Crippen LogP contribution in [-0.2, 0) is 0 Å². The maximum Gasteiger partial charge on any atom is 0.244 e. The molecule has 0 fully saturated rings. The molecular formula is C8H6Cl3N4+. The number of hydrogen-bond donors (Lipinski definition) is 0. The summed E-state index contributed by atoms with van der Waals surface area (Å²) in [4.78, 5) is 0. The van der Waals surface area contributed by atoms with Crippen LogP contribution in [0.4, 0.5) is 0 Å². The molecule has 0 atom stereocenters. The summed E-state index contributed by atoms with van der Waals surface area (Å²) in [6.45, 7) is 0. The zero-order valence-corrected chi connectivity index (χ0v) is 9.97. The van der Waals surface area contributed by atoms with Crippen LogP contribution >= 0.6 is 34.8 Å². The van der Waals surface area contributed by atoms with Crippen LogP contribution in [0.15, 0.2) is 11.2 Å². The van der Waals surface area contributed by atoms with Crippen molar-refractivity contribution in [3.63, 3.8) is 0 Å². The van der Waals surface area contributed by atoms with Gasteiger partial charge in [-0.25, -0.2) is 0 Å². The van der Waals surface area contributed by atoms with Crippen molar-refractivity contribution in [3.8, 4) is 0 Å². The van der Waals surface area contributed by atoms with Crippen molar-refractivity contribution in [3.05, 3.63) is 21.9 Å². The highest BCUT2D eigenvalue weighted by molar-refractivity contribution is 6.67. The van der Waals surface area contributed by atoms with Gasteiger partial charge in [-0.1, -0.05) is 39.5 Å². The summed E-state index contributed by atoms with van der Waals surface area (Å²) in [6, 6.07) is 1.54. The molecule has 0 spiro atoms.